The van der Waals surface area contributed by atoms with Crippen molar-refractivity contribution in [3.8, 4) is 22.8 Å². The van der Waals surface area contributed by atoms with Gasteiger partial charge in [0.2, 0.25) is 5.91 Å². The Kier molecular flexibility index (Phi) is 7.24. The van der Waals surface area contributed by atoms with E-state index in [0.29, 0.717) is 16.7 Å². The molecule has 0 spiro atoms. The molecule has 0 bridgehead atoms. The van der Waals surface area contributed by atoms with Crippen LogP contribution in [-0.4, -0.2) is 39.1 Å². The third kappa shape index (κ3) is 5.44. The number of urea groups is 1. The highest BCUT2D eigenvalue weighted by atomic mass is 32.2. The lowest BCUT2D eigenvalue weighted by molar-refractivity contribution is -0.119. The summed E-state index contributed by atoms with van der Waals surface area (Å²) in [4.78, 5) is 24.9. The van der Waals surface area contributed by atoms with Crippen LogP contribution in [0.5, 0.6) is 5.75 Å². The minimum Gasteiger partial charge on any atom is -0.497 e. The van der Waals surface area contributed by atoms with Gasteiger partial charge in [-0.2, -0.15) is 0 Å². The molecule has 1 atom stereocenters. The van der Waals surface area contributed by atoms with Crippen molar-refractivity contribution in [2.75, 3.05) is 12.4 Å². The van der Waals surface area contributed by atoms with E-state index in [4.69, 9.17) is 4.74 Å². The minimum atomic E-state index is -0.600. The monoisotopic (exact) mass is 473 g/mol. The first-order valence-electron chi connectivity index (χ1n) is 10.5. The summed E-state index contributed by atoms with van der Waals surface area (Å²) in [7, 11) is 1.61. The Morgan fingerprint density at radius 1 is 0.912 bits per heavy atom. The lowest BCUT2D eigenvalue weighted by atomic mass is 10.2. The molecule has 4 rings (SSSR count). The lowest BCUT2D eigenvalue weighted by Gasteiger charge is -2.14. The second-order valence-electron chi connectivity index (χ2n) is 7.28. The number of amides is 3. The highest BCUT2D eigenvalue weighted by Crippen LogP contribution is 2.30. The zero-order chi connectivity index (χ0) is 23.9. The molecule has 0 saturated heterocycles. The van der Waals surface area contributed by atoms with Crippen molar-refractivity contribution in [3.05, 3.63) is 84.9 Å². The van der Waals surface area contributed by atoms with Gasteiger partial charge in [-0.3, -0.25) is 14.7 Å². The van der Waals surface area contributed by atoms with Gasteiger partial charge in [0.25, 0.3) is 0 Å². The van der Waals surface area contributed by atoms with Crippen molar-refractivity contribution in [2.24, 2.45) is 0 Å². The van der Waals surface area contributed by atoms with Crippen LogP contribution in [0.3, 0.4) is 0 Å². The van der Waals surface area contributed by atoms with E-state index in [1.807, 2.05) is 65.2 Å². The number of thioether (sulfide) groups is 1. The van der Waals surface area contributed by atoms with Gasteiger partial charge in [-0.05, 0) is 55.5 Å². The van der Waals surface area contributed by atoms with Crippen LogP contribution in [-0.2, 0) is 4.79 Å². The molecule has 1 aromatic heterocycles. The molecular formula is C25H23N5O3S. The molecule has 172 valence electrons. The molecule has 0 saturated carbocycles. The molecule has 0 radical (unpaired) electrons. The molecule has 1 unspecified atom stereocenters. The molecule has 4 aromatic rings. The zero-order valence-electron chi connectivity index (χ0n) is 18.6. The van der Waals surface area contributed by atoms with Crippen molar-refractivity contribution < 1.29 is 14.3 Å². The molecule has 3 amide bonds. The number of benzene rings is 3. The number of aromatic nitrogens is 3. The molecule has 0 aliphatic rings. The van der Waals surface area contributed by atoms with E-state index in [2.05, 4.69) is 20.8 Å². The standard InChI is InChI=1S/C25H23N5O3S/c1-17(23(31)27-24(32)26-19-9-5-3-6-10-19)34-25-29-28-22(18-13-15-21(33-2)16-14-18)30(25)20-11-7-4-8-12-20/h3-17H,1-2H3,(H2,26,27,31,32). The number of hydrogen-bond donors (Lipinski definition) is 2. The van der Waals surface area contributed by atoms with Gasteiger partial charge >= 0.3 is 6.03 Å². The third-order valence-electron chi connectivity index (χ3n) is 4.92. The van der Waals surface area contributed by atoms with E-state index in [9.17, 15) is 9.59 Å². The summed E-state index contributed by atoms with van der Waals surface area (Å²) in [6, 6.07) is 25.5. The van der Waals surface area contributed by atoms with Crippen LogP contribution < -0.4 is 15.4 Å². The molecule has 3 aromatic carbocycles. The number of methoxy groups -OCH3 is 1. The quantitative estimate of drug-likeness (QED) is 0.375. The van der Waals surface area contributed by atoms with Crippen molar-refractivity contribution in [1.82, 2.24) is 20.1 Å². The van der Waals surface area contributed by atoms with E-state index in [0.717, 1.165) is 17.0 Å². The summed E-state index contributed by atoms with van der Waals surface area (Å²) in [5.41, 5.74) is 2.31. The number of nitrogens with one attached hydrogen (secondary N) is 2. The fourth-order valence-electron chi connectivity index (χ4n) is 3.19. The van der Waals surface area contributed by atoms with E-state index in [-0.39, 0.29) is 0 Å². The first-order chi connectivity index (χ1) is 16.5. The number of imide groups is 1. The van der Waals surface area contributed by atoms with Crippen molar-refractivity contribution in [3.63, 3.8) is 0 Å². The van der Waals surface area contributed by atoms with Crippen LogP contribution in [0, 0.1) is 0 Å². The normalized spacial score (nSPS) is 11.5. The van der Waals surface area contributed by atoms with Gasteiger partial charge in [0, 0.05) is 16.9 Å². The predicted molar refractivity (Wildman–Crippen MR) is 132 cm³/mol. The van der Waals surface area contributed by atoms with E-state index in [1.54, 1.807) is 38.3 Å². The van der Waals surface area contributed by atoms with Crippen LogP contribution >= 0.6 is 11.8 Å². The second kappa shape index (κ2) is 10.7. The predicted octanol–water partition coefficient (Wildman–Crippen LogP) is 4.77. The Morgan fingerprint density at radius 3 is 2.21 bits per heavy atom. The van der Waals surface area contributed by atoms with Crippen LogP contribution in [0.25, 0.3) is 17.1 Å². The first kappa shape index (κ1) is 23.1. The van der Waals surface area contributed by atoms with Crippen LogP contribution in [0.4, 0.5) is 10.5 Å². The molecule has 1 heterocycles. The van der Waals surface area contributed by atoms with Crippen molar-refractivity contribution in [2.45, 2.75) is 17.3 Å². The number of para-hydroxylation sites is 2. The Balaban J connectivity index is 1.54. The fraction of sp³-hybridized carbons (Fsp3) is 0.120. The summed E-state index contributed by atoms with van der Waals surface area (Å²) in [5.74, 6) is 0.931. The van der Waals surface area contributed by atoms with Crippen LogP contribution in [0.15, 0.2) is 90.1 Å². The first-order valence-corrected chi connectivity index (χ1v) is 11.4. The van der Waals surface area contributed by atoms with Gasteiger partial charge in [0.1, 0.15) is 5.75 Å². The van der Waals surface area contributed by atoms with Crippen LogP contribution in [0.1, 0.15) is 6.92 Å². The van der Waals surface area contributed by atoms with Crippen molar-refractivity contribution in [1.29, 1.82) is 0 Å². The van der Waals surface area contributed by atoms with Gasteiger partial charge in [0.15, 0.2) is 11.0 Å². The Morgan fingerprint density at radius 2 is 1.56 bits per heavy atom. The maximum absolute atomic E-state index is 12.7. The minimum absolute atomic E-state index is 0.438. The summed E-state index contributed by atoms with van der Waals surface area (Å²) in [5, 5.41) is 13.7. The lowest BCUT2D eigenvalue weighted by Crippen LogP contribution is -2.38. The molecule has 0 aliphatic carbocycles. The number of anilines is 1. The van der Waals surface area contributed by atoms with Gasteiger partial charge in [0.05, 0.1) is 12.4 Å². The van der Waals surface area contributed by atoms with E-state index in [1.165, 1.54) is 11.8 Å². The molecule has 0 fully saturated rings. The maximum Gasteiger partial charge on any atom is 0.325 e. The van der Waals surface area contributed by atoms with E-state index < -0.39 is 17.2 Å². The van der Waals surface area contributed by atoms with E-state index >= 15 is 0 Å². The largest absolute Gasteiger partial charge is 0.497 e. The Hall–Kier alpha value is -4.11. The number of rotatable bonds is 7. The highest BCUT2D eigenvalue weighted by molar-refractivity contribution is 8.00. The van der Waals surface area contributed by atoms with Gasteiger partial charge < -0.3 is 10.1 Å². The number of carbonyl (C=O) groups is 2. The smallest absolute Gasteiger partial charge is 0.325 e. The average molecular weight is 474 g/mol. The zero-order valence-corrected chi connectivity index (χ0v) is 19.5. The number of hydrogen-bond acceptors (Lipinski definition) is 6. The van der Waals surface area contributed by atoms with Gasteiger partial charge in [-0.15, -0.1) is 10.2 Å². The Bertz CT molecular complexity index is 1260. The fourth-order valence-corrected chi connectivity index (χ4v) is 4.06. The second-order valence-corrected chi connectivity index (χ2v) is 8.58. The summed E-state index contributed by atoms with van der Waals surface area (Å²) in [6.45, 7) is 1.72. The molecule has 2 N–H and O–H groups in total. The number of carbonyl (C=O) groups excluding carboxylic acids is 2. The maximum atomic E-state index is 12.7. The summed E-state index contributed by atoms with van der Waals surface area (Å²) >= 11 is 1.22. The van der Waals surface area contributed by atoms with Crippen molar-refractivity contribution >= 4 is 29.4 Å². The highest BCUT2D eigenvalue weighted by Gasteiger charge is 2.23. The molecule has 8 nitrogen and oxygen atoms in total. The van der Waals surface area contributed by atoms with Crippen LogP contribution in [0.2, 0.25) is 0 Å². The third-order valence-corrected chi connectivity index (χ3v) is 5.96. The molecule has 0 aliphatic heterocycles. The summed E-state index contributed by atoms with van der Waals surface area (Å²) in [6.07, 6.45) is 0. The topological polar surface area (TPSA) is 98.1 Å². The van der Waals surface area contributed by atoms with Gasteiger partial charge in [-0.1, -0.05) is 48.2 Å². The number of ether oxygens (including phenoxy) is 1. The molecular weight excluding hydrogens is 450 g/mol. The number of nitrogens with zero attached hydrogens (tertiary/aromatic N) is 3. The molecule has 34 heavy (non-hydrogen) atoms. The molecule has 9 heteroatoms. The Labute approximate surface area is 201 Å². The SMILES string of the molecule is COc1ccc(-c2nnc(SC(C)C(=O)NC(=O)Nc3ccccc3)n2-c2ccccc2)cc1. The average Bonchev–Trinajstić information content (AvgIpc) is 3.28. The van der Waals surface area contributed by atoms with Gasteiger partial charge in [-0.25, -0.2) is 4.79 Å². The summed E-state index contributed by atoms with van der Waals surface area (Å²) < 4.78 is 7.14.